The number of nitrogens with two attached hydrogens (primary N) is 1. The molecule has 0 radical (unpaired) electrons. The average Bonchev–Trinajstić information content (AvgIpc) is 2.80. The van der Waals surface area contributed by atoms with Gasteiger partial charge in [0.05, 0.1) is 12.6 Å². The van der Waals surface area contributed by atoms with Gasteiger partial charge in [-0.15, -0.1) is 0 Å². The molecule has 1 atom stereocenters. The first-order valence-electron chi connectivity index (χ1n) is 5.96. The Morgan fingerprint density at radius 2 is 2.33 bits per heavy atom. The zero-order chi connectivity index (χ0) is 13.1. The summed E-state index contributed by atoms with van der Waals surface area (Å²) in [7, 11) is 2.07. The highest BCUT2D eigenvalue weighted by molar-refractivity contribution is 5.17. The predicted molar refractivity (Wildman–Crippen MR) is 66.1 cm³/mol. The molecule has 0 spiro atoms. The molecule has 1 aromatic heterocycles. The first-order chi connectivity index (χ1) is 8.60. The molecule has 7 heteroatoms. The van der Waals surface area contributed by atoms with Crippen LogP contribution < -0.4 is 5.73 Å². The van der Waals surface area contributed by atoms with Crippen molar-refractivity contribution >= 4 is 5.88 Å². The maximum atomic E-state index is 10.5. The van der Waals surface area contributed by atoms with Gasteiger partial charge in [-0.2, -0.15) is 0 Å². The number of hydrogen-bond donors (Lipinski definition) is 1. The highest BCUT2D eigenvalue weighted by Crippen LogP contribution is 2.19. The van der Waals surface area contributed by atoms with Gasteiger partial charge >= 0.3 is 5.88 Å². The van der Waals surface area contributed by atoms with Crippen LogP contribution in [0.15, 0.2) is 16.5 Å². The summed E-state index contributed by atoms with van der Waals surface area (Å²) in [4.78, 5) is 14.5. The largest absolute Gasteiger partial charge is 0.433 e. The van der Waals surface area contributed by atoms with Crippen molar-refractivity contribution in [3.63, 3.8) is 0 Å². The number of piperazine rings is 1. The summed E-state index contributed by atoms with van der Waals surface area (Å²) in [5.41, 5.74) is 5.76. The molecule has 2 rings (SSSR count). The Bertz CT molecular complexity index is 420. The summed E-state index contributed by atoms with van der Waals surface area (Å²) in [5.74, 6) is 0.410. The van der Waals surface area contributed by atoms with Gasteiger partial charge in [0.15, 0.2) is 0 Å². The van der Waals surface area contributed by atoms with Crippen molar-refractivity contribution in [1.82, 2.24) is 9.80 Å². The molecular formula is C11H18N4O3. The maximum Gasteiger partial charge on any atom is 0.433 e. The van der Waals surface area contributed by atoms with Crippen LogP contribution >= 0.6 is 0 Å². The lowest BCUT2D eigenvalue weighted by Crippen LogP contribution is -2.54. The smallest absolute Gasteiger partial charge is 0.404 e. The zero-order valence-corrected chi connectivity index (χ0v) is 10.4. The molecule has 18 heavy (non-hydrogen) atoms. The number of hydrogen-bond acceptors (Lipinski definition) is 6. The van der Waals surface area contributed by atoms with E-state index in [1.807, 2.05) is 0 Å². The molecule has 2 heterocycles. The molecule has 1 aliphatic heterocycles. The van der Waals surface area contributed by atoms with E-state index < -0.39 is 4.92 Å². The lowest BCUT2D eigenvalue weighted by molar-refractivity contribution is -0.402. The summed E-state index contributed by atoms with van der Waals surface area (Å²) < 4.78 is 5.17. The SMILES string of the molecule is CN1CCN(Cc2ccc([N+](=O)[O-])o2)C(CN)C1. The second-order valence-corrected chi connectivity index (χ2v) is 4.62. The van der Waals surface area contributed by atoms with Crippen LogP contribution in [0.25, 0.3) is 0 Å². The second-order valence-electron chi connectivity index (χ2n) is 4.62. The topological polar surface area (TPSA) is 88.8 Å². The molecule has 2 N–H and O–H groups in total. The minimum atomic E-state index is -0.520. The molecule has 1 aliphatic rings. The van der Waals surface area contributed by atoms with Gasteiger partial charge in [-0.05, 0) is 13.1 Å². The molecule has 0 aromatic carbocycles. The third kappa shape index (κ3) is 2.87. The van der Waals surface area contributed by atoms with Crippen LogP contribution in [-0.4, -0.2) is 54.0 Å². The van der Waals surface area contributed by atoms with E-state index in [1.54, 1.807) is 6.07 Å². The van der Waals surface area contributed by atoms with Gasteiger partial charge in [0, 0.05) is 32.2 Å². The van der Waals surface area contributed by atoms with Crippen molar-refractivity contribution in [3.05, 3.63) is 28.0 Å². The second kappa shape index (κ2) is 5.47. The number of furan rings is 1. The van der Waals surface area contributed by atoms with Gasteiger partial charge in [0.2, 0.25) is 0 Å². The Labute approximate surface area is 105 Å². The lowest BCUT2D eigenvalue weighted by atomic mass is 10.1. The molecule has 100 valence electrons. The van der Waals surface area contributed by atoms with Crippen LogP contribution in [0.3, 0.4) is 0 Å². The highest BCUT2D eigenvalue weighted by Gasteiger charge is 2.25. The molecule has 7 nitrogen and oxygen atoms in total. The zero-order valence-electron chi connectivity index (χ0n) is 10.4. The predicted octanol–water partition coefficient (Wildman–Crippen LogP) is 0.262. The summed E-state index contributed by atoms with van der Waals surface area (Å²) in [6.07, 6.45) is 0. The third-order valence-corrected chi connectivity index (χ3v) is 3.27. The molecule has 1 fully saturated rings. The Balaban J connectivity index is 2.00. The van der Waals surface area contributed by atoms with Crippen molar-refractivity contribution in [2.24, 2.45) is 5.73 Å². The Hall–Kier alpha value is -1.44. The summed E-state index contributed by atoms with van der Waals surface area (Å²) in [6.45, 7) is 3.93. The van der Waals surface area contributed by atoms with Crippen LogP contribution in [-0.2, 0) is 6.54 Å². The van der Waals surface area contributed by atoms with Gasteiger partial charge in [0.25, 0.3) is 0 Å². The van der Waals surface area contributed by atoms with E-state index in [2.05, 4.69) is 16.8 Å². The fourth-order valence-electron chi connectivity index (χ4n) is 2.23. The standard InChI is InChI=1S/C11H18N4O3/c1-13-4-5-14(9(6-12)7-13)8-10-2-3-11(18-10)15(16)17/h2-3,9H,4-8,12H2,1H3. The first kappa shape index (κ1) is 13.0. The fourth-order valence-corrected chi connectivity index (χ4v) is 2.23. The molecular weight excluding hydrogens is 236 g/mol. The average molecular weight is 254 g/mol. The quantitative estimate of drug-likeness (QED) is 0.612. The van der Waals surface area contributed by atoms with Crippen molar-refractivity contribution in [2.45, 2.75) is 12.6 Å². The number of rotatable bonds is 4. The number of nitrogens with zero attached hydrogens (tertiary/aromatic N) is 3. The summed E-state index contributed by atoms with van der Waals surface area (Å²) in [6, 6.07) is 3.32. The van der Waals surface area contributed by atoms with Crippen molar-refractivity contribution in [3.8, 4) is 0 Å². The monoisotopic (exact) mass is 254 g/mol. The van der Waals surface area contributed by atoms with E-state index in [4.69, 9.17) is 10.2 Å². The van der Waals surface area contributed by atoms with Crippen LogP contribution in [0.1, 0.15) is 5.76 Å². The molecule has 1 aromatic rings. The van der Waals surface area contributed by atoms with Crippen LogP contribution in [0.4, 0.5) is 5.88 Å². The Kier molecular flexibility index (Phi) is 3.95. The maximum absolute atomic E-state index is 10.5. The fraction of sp³-hybridized carbons (Fsp3) is 0.636. The van der Waals surface area contributed by atoms with E-state index in [9.17, 15) is 10.1 Å². The van der Waals surface area contributed by atoms with Gasteiger partial charge in [-0.25, -0.2) is 0 Å². The van der Waals surface area contributed by atoms with Crippen LogP contribution in [0.5, 0.6) is 0 Å². The van der Waals surface area contributed by atoms with E-state index in [0.717, 1.165) is 19.6 Å². The molecule has 1 unspecified atom stereocenters. The van der Waals surface area contributed by atoms with Gasteiger partial charge in [-0.3, -0.25) is 15.0 Å². The normalized spacial score (nSPS) is 22.2. The first-order valence-corrected chi connectivity index (χ1v) is 5.96. The minimum absolute atomic E-state index is 0.205. The molecule has 0 saturated carbocycles. The van der Waals surface area contributed by atoms with Crippen molar-refractivity contribution in [2.75, 3.05) is 33.2 Å². The lowest BCUT2D eigenvalue weighted by Gasteiger charge is -2.38. The van der Waals surface area contributed by atoms with Gasteiger partial charge < -0.3 is 15.1 Å². The van der Waals surface area contributed by atoms with Crippen LogP contribution in [0.2, 0.25) is 0 Å². The third-order valence-electron chi connectivity index (χ3n) is 3.27. The summed E-state index contributed by atoms with van der Waals surface area (Å²) >= 11 is 0. The van der Waals surface area contributed by atoms with Crippen LogP contribution in [0, 0.1) is 10.1 Å². The van der Waals surface area contributed by atoms with E-state index >= 15 is 0 Å². The van der Waals surface area contributed by atoms with Gasteiger partial charge in [-0.1, -0.05) is 0 Å². The van der Waals surface area contributed by atoms with E-state index in [0.29, 0.717) is 18.8 Å². The molecule has 1 saturated heterocycles. The molecule has 0 bridgehead atoms. The van der Waals surface area contributed by atoms with Gasteiger partial charge in [0.1, 0.15) is 10.7 Å². The summed E-state index contributed by atoms with van der Waals surface area (Å²) in [5, 5.41) is 10.5. The van der Waals surface area contributed by atoms with E-state index in [-0.39, 0.29) is 11.9 Å². The Morgan fingerprint density at radius 1 is 1.56 bits per heavy atom. The van der Waals surface area contributed by atoms with E-state index in [1.165, 1.54) is 6.07 Å². The van der Waals surface area contributed by atoms with Crippen molar-refractivity contribution in [1.29, 1.82) is 0 Å². The molecule has 0 amide bonds. The Morgan fingerprint density at radius 3 is 2.94 bits per heavy atom. The number of likely N-dealkylation sites (N-methyl/N-ethyl adjacent to an activating group) is 1. The van der Waals surface area contributed by atoms with Crippen molar-refractivity contribution < 1.29 is 9.34 Å². The molecule has 0 aliphatic carbocycles. The highest BCUT2D eigenvalue weighted by atomic mass is 16.6. The number of nitro groups is 1. The minimum Gasteiger partial charge on any atom is -0.404 e.